The zero-order valence-electron chi connectivity index (χ0n) is 28.8. The molecule has 1 heterocycles. The second-order valence-electron chi connectivity index (χ2n) is 16.9. The molecule has 0 spiro atoms. The molecule has 4 fully saturated rings. The van der Waals surface area contributed by atoms with E-state index in [9.17, 15) is 0 Å². The van der Waals surface area contributed by atoms with Crippen LogP contribution in [0.3, 0.4) is 0 Å². The van der Waals surface area contributed by atoms with E-state index in [0.29, 0.717) is 0 Å². The molecule has 1 nitrogen and oxygen atoms in total. The normalized spacial score (nSPS) is 27.3. The van der Waals surface area contributed by atoms with Crippen molar-refractivity contribution in [3.63, 3.8) is 0 Å². The maximum Gasteiger partial charge on any atom is 0.0465 e. The summed E-state index contributed by atoms with van der Waals surface area (Å²) >= 11 is 1.96. The lowest BCUT2D eigenvalue weighted by atomic mass is 9.82. The molecule has 0 N–H and O–H groups in total. The highest BCUT2D eigenvalue weighted by atomic mass is 32.1. The lowest BCUT2D eigenvalue weighted by molar-refractivity contribution is 0.420. The SMILES string of the molecule is CC1(C)c2cc(N(c3ccc(C4CC5CCC4C5)cc3)c3ccc(C4CC5CCC4C5)cc3)ccc2-c2c1ccc1c2sc2ccccc21. The Morgan fingerprint density at radius 2 is 1.18 bits per heavy atom. The third-order valence-corrected chi connectivity index (χ3v) is 15.3. The number of fused-ring (bicyclic) bond motifs is 11. The van der Waals surface area contributed by atoms with Gasteiger partial charge in [0.25, 0.3) is 0 Å². The molecule has 5 aliphatic rings. The van der Waals surface area contributed by atoms with Crippen molar-refractivity contribution < 1.29 is 0 Å². The Balaban J connectivity index is 1.02. The Morgan fingerprint density at radius 3 is 1.78 bits per heavy atom. The van der Waals surface area contributed by atoms with E-state index in [1.807, 2.05) is 11.3 Å². The Hall–Kier alpha value is -3.88. The third-order valence-electron chi connectivity index (χ3n) is 14.1. The highest BCUT2D eigenvalue weighted by Gasteiger charge is 2.42. The van der Waals surface area contributed by atoms with Crippen LogP contribution in [0.5, 0.6) is 0 Å². The summed E-state index contributed by atoms with van der Waals surface area (Å²) in [5, 5.41) is 2.77. The van der Waals surface area contributed by atoms with Crippen LogP contribution in [0.1, 0.15) is 99.3 Å². The summed E-state index contributed by atoms with van der Waals surface area (Å²) in [4.78, 5) is 2.53. The van der Waals surface area contributed by atoms with Crippen molar-refractivity contribution in [1.82, 2.24) is 0 Å². The predicted molar refractivity (Wildman–Crippen MR) is 208 cm³/mol. The molecule has 0 saturated heterocycles. The van der Waals surface area contributed by atoms with Gasteiger partial charge in [0, 0.05) is 48.2 Å². The van der Waals surface area contributed by atoms with E-state index in [4.69, 9.17) is 0 Å². The maximum atomic E-state index is 2.53. The van der Waals surface area contributed by atoms with E-state index in [1.54, 1.807) is 11.1 Å². The highest BCUT2D eigenvalue weighted by molar-refractivity contribution is 7.26. The zero-order chi connectivity index (χ0) is 32.4. The highest BCUT2D eigenvalue weighted by Crippen LogP contribution is 2.57. The van der Waals surface area contributed by atoms with Crippen LogP contribution in [-0.4, -0.2) is 0 Å². The minimum atomic E-state index is -0.0754. The zero-order valence-corrected chi connectivity index (χ0v) is 29.6. The summed E-state index contributed by atoms with van der Waals surface area (Å²) in [6.07, 6.45) is 11.5. The van der Waals surface area contributed by atoms with Crippen LogP contribution in [0.25, 0.3) is 31.3 Å². The summed E-state index contributed by atoms with van der Waals surface area (Å²) in [6, 6.07) is 40.6. The molecule has 11 rings (SSSR count). The van der Waals surface area contributed by atoms with E-state index in [2.05, 4.69) is 122 Å². The van der Waals surface area contributed by atoms with E-state index in [1.165, 1.54) is 111 Å². The standard InChI is InChI=1S/C47H45NS/c1-47(2)42-22-21-38-37-5-3-4-6-44(37)49-46(38)45(42)39-20-19-36(27-43(39)47)48(34-15-11-30(12-16-34)40-25-28-7-9-32(40)23-28)35-17-13-31(14-18-35)41-26-29-8-10-33(41)24-29/h3-6,11-22,27-29,32-33,40-41H,7-10,23-26H2,1-2H3. The van der Waals surface area contributed by atoms with Crippen molar-refractivity contribution in [1.29, 1.82) is 0 Å². The number of anilines is 3. The van der Waals surface area contributed by atoms with Crippen LogP contribution in [0, 0.1) is 23.7 Å². The van der Waals surface area contributed by atoms with Gasteiger partial charge in [0.1, 0.15) is 0 Å². The van der Waals surface area contributed by atoms with Crippen LogP contribution in [0.2, 0.25) is 0 Å². The lowest BCUT2D eigenvalue weighted by Crippen LogP contribution is -2.17. The first-order valence-corrected chi connectivity index (χ1v) is 19.9. The number of hydrogen-bond acceptors (Lipinski definition) is 2. The van der Waals surface area contributed by atoms with Gasteiger partial charge in [-0.3, -0.25) is 0 Å². The van der Waals surface area contributed by atoms with Crippen molar-refractivity contribution in [3.05, 3.63) is 125 Å². The predicted octanol–water partition coefficient (Wildman–Crippen LogP) is 13.6. The molecule has 0 amide bonds. The molecule has 6 atom stereocenters. The van der Waals surface area contributed by atoms with Gasteiger partial charge in [0.05, 0.1) is 0 Å². The summed E-state index contributed by atoms with van der Waals surface area (Å²) < 4.78 is 2.81. The molecule has 1 aromatic heterocycles. The molecule has 5 aromatic carbocycles. The third kappa shape index (κ3) is 4.29. The topological polar surface area (TPSA) is 3.24 Å². The Morgan fingerprint density at radius 1 is 0.571 bits per heavy atom. The Bertz CT molecular complexity index is 2180. The molecule has 6 aromatic rings. The number of benzene rings is 5. The van der Waals surface area contributed by atoms with Gasteiger partial charge >= 0.3 is 0 Å². The molecule has 4 saturated carbocycles. The van der Waals surface area contributed by atoms with Gasteiger partial charge in [-0.1, -0.05) is 87.4 Å². The van der Waals surface area contributed by atoms with Crippen LogP contribution in [0.4, 0.5) is 17.1 Å². The number of thiophene rings is 1. The minimum absolute atomic E-state index is 0.0754. The molecule has 2 heteroatoms. The van der Waals surface area contributed by atoms with Crippen molar-refractivity contribution in [2.75, 3.05) is 4.90 Å². The van der Waals surface area contributed by atoms with Crippen molar-refractivity contribution in [2.45, 2.75) is 82.5 Å². The first-order chi connectivity index (χ1) is 24.0. The van der Waals surface area contributed by atoms with E-state index in [0.717, 1.165) is 35.5 Å². The fourth-order valence-corrected chi connectivity index (χ4v) is 12.9. The number of hydrogen-bond donors (Lipinski definition) is 0. The molecule has 0 aliphatic heterocycles. The van der Waals surface area contributed by atoms with Crippen molar-refractivity contribution in [3.8, 4) is 11.1 Å². The quantitative estimate of drug-likeness (QED) is 0.179. The van der Waals surface area contributed by atoms with Gasteiger partial charge in [-0.25, -0.2) is 0 Å². The number of rotatable bonds is 5. The molecule has 6 unspecified atom stereocenters. The van der Waals surface area contributed by atoms with E-state index >= 15 is 0 Å². The summed E-state index contributed by atoms with van der Waals surface area (Å²) in [5.41, 5.74) is 12.6. The molecular weight excluding hydrogens is 611 g/mol. The second-order valence-corrected chi connectivity index (χ2v) is 18.0. The van der Waals surface area contributed by atoms with Gasteiger partial charge in [0.15, 0.2) is 0 Å². The second kappa shape index (κ2) is 10.6. The average Bonchev–Trinajstić information content (AvgIpc) is 4.00. The molecule has 5 aliphatic carbocycles. The fourth-order valence-electron chi connectivity index (χ4n) is 11.6. The van der Waals surface area contributed by atoms with E-state index < -0.39 is 0 Å². The van der Waals surface area contributed by atoms with Crippen LogP contribution < -0.4 is 4.90 Å². The van der Waals surface area contributed by atoms with Crippen molar-refractivity contribution in [2.24, 2.45) is 23.7 Å². The molecule has 4 bridgehead atoms. The van der Waals surface area contributed by atoms with Gasteiger partial charge < -0.3 is 4.90 Å². The summed E-state index contributed by atoms with van der Waals surface area (Å²) in [7, 11) is 0. The average molecular weight is 656 g/mol. The lowest BCUT2D eigenvalue weighted by Gasteiger charge is -2.29. The van der Waals surface area contributed by atoms with Gasteiger partial charge in [-0.05, 0) is 144 Å². The molecule has 0 radical (unpaired) electrons. The molecule has 244 valence electrons. The van der Waals surface area contributed by atoms with Crippen LogP contribution >= 0.6 is 11.3 Å². The maximum absolute atomic E-state index is 2.53. The van der Waals surface area contributed by atoms with Gasteiger partial charge in [0.2, 0.25) is 0 Å². The monoisotopic (exact) mass is 655 g/mol. The van der Waals surface area contributed by atoms with Gasteiger partial charge in [-0.15, -0.1) is 11.3 Å². The first-order valence-electron chi connectivity index (χ1n) is 19.1. The summed E-state index contributed by atoms with van der Waals surface area (Å²) in [5.74, 6) is 5.25. The largest absolute Gasteiger partial charge is 0.310 e. The van der Waals surface area contributed by atoms with Crippen LogP contribution in [-0.2, 0) is 5.41 Å². The van der Waals surface area contributed by atoms with Crippen molar-refractivity contribution >= 4 is 48.6 Å². The minimum Gasteiger partial charge on any atom is -0.310 e. The first kappa shape index (κ1) is 28.9. The smallest absolute Gasteiger partial charge is 0.0465 e. The molecular formula is C47H45NS. The fraction of sp³-hybridized carbons (Fsp3) is 0.362. The summed E-state index contributed by atoms with van der Waals surface area (Å²) in [6.45, 7) is 4.86. The Labute approximate surface area is 295 Å². The van der Waals surface area contributed by atoms with Crippen LogP contribution in [0.15, 0.2) is 103 Å². The Kier molecular flexibility index (Phi) is 6.23. The molecule has 49 heavy (non-hydrogen) atoms. The van der Waals surface area contributed by atoms with Gasteiger partial charge in [-0.2, -0.15) is 0 Å². The number of nitrogens with zero attached hydrogens (tertiary/aromatic N) is 1. The van der Waals surface area contributed by atoms with E-state index in [-0.39, 0.29) is 5.41 Å².